The molecular weight excluding hydrogens is 692 g/mol. The van der Waals surface area contributed by atoms with Gasteiger partial charge in [0.1, 0.15) is 17.4 Å². The number of carbonyl (C=O) groups excluding carboxylic acids is 1. The van der Waals surface area contributed by atoms with E-state index in [9.17, 15) is 39.9 Å². The van der Waals surface area contributed by atoms with Crippen molar-refractivity contribution in [2.75, 3.05) is 75.2 Å². The summed E-state index contributed by atoms with van der Waals surface area (Å²) in [6, 6.07) is 21.9. The van der Waals surface area contributed by atoms with Crippen LogP contribution in [0, 0.1) is 11.6 Å². The summed E-state index contributed by atoms with van der Waals surface area (Å²) < 4.78 is 109. The monoisotopic (exact) mass is 730 g/mol. The summed E-state index contributed by atoms with van der Waals surface area (Å²) in [6.07, 6.45) is -8.94. The van der Waals surface area contributed by atoms with Gasteiger partial charge in [-0.15, -0.1) is 0 Å². The van der Waals surface area contributed by atoms with E-state index in [1.54, 1.807) is 24.3 Å². The smallest absolute Gasteiger partial charge is 0.369 e. The molecule has 2 atom stereocenters. The van der Waals surface area contributed by atoms with Crippen molar-refractivity contribution in [1.82, 2.24) is 9.80 Å². The van der Waals surface area contributed by atoms with E-state index >= 15 is 0 Å². The van der Waals surface area contributed by atoms with Crippen LogP contribution in [-0.2, 0) is 17.1 Å². The van der Waals surface area contributed by atoms with Gasteiger partial charge in [0.2, 0.25) is 0 Å². The molecule has 2 heterocycles. The van der Waals surface area contributed by atoms with Crippen molar-refractivity contribution < 1.29 is 39.9 Å². The summed E-state index contributed by atoms with van der Waals surface area (Å²) >= 11 is 0. The van der Waals surface area contributed by atoms with E-state index in [1.165, 1.54) is 48.5 Å². The normalized spacial score (nSPS) is 17.6. The molecule has 0 N–H and O–H groups in total. The van der Waals surface area contributed by atoms with Gasteiger partial charge >= 0.3 is 12.4 Å². The number of hydrogen-bond donors (Lipinski definition) is 0. The Morgan fingerprint density at radius 1 is 0.519 bits per heavy atom. The predicted octanol–water partition coefficient (Wildman–Crippen LogP) is 8.08. The van der Waals surface area contributed by atoms with Crippen LogP contribution in [0.5, 0.6) is 0 Å². The average Bonchev–Trinajstić information content (AvgIpc) is 3.12. The van der Waals surface area contributed by atoms with E-state index in [0.29, 0.717) is 74.9 Å². The Hall–Kier alpha value is -4.49. The largest absolute Gasteiger partial charge is 0.416 e. The van der Waals surface area contributed by atoms with Crippen LogP contribution in [0.15, 0.2) is 97.1 Å². The second-order valence-corrected chi connectivity index (χ2v) is 13.3. The molecule has 4 aromatic carbocycles. The minimum absolute atomic E-state index is 0.216. The number of rotatable bonds is 10. The standard InChI is InChI=1S/C39H38F8N4O/c40-31-9-1-5-27(21-31)35(25-48-13-17-50(18-14-48)33-11-3-7-29(23-33)38(42,43)44)37(52)36(28-6-2-10-32(41)22-28)26-49-15-19-51(20-16-49)34-12-4-8-30(24-34)39(45,46)47/h1-12,21-24,35-36H,13-20,25-26H2. The zero-order valence-corrected chi connectivity index (χ0v) is 28.2. The number of Topliss-reactive ketones (excluding diaryl/α,β-unsaturated/α-hetero) is 1. The molecule has 2 aliphatic heterocycles. The Kier molecular flexibility index (Phi) is 11.2. The molecule has 2 unspecified atom stereocenters. The molecule has 0 aliphatic carbocycles. The number of anilines is 2. The summed E-state index contributed by atoms with van der Waals surface area (Å²) in [7, 11) is 0. The van der Waals surface area contributed by atoms with Gasteiger partial charge in [0.25, 0.3) is 0 Å². The van der Waals surface area contributed by atoms with Gasteiger partial charge in [0.15, 0.2) is 0 Å². The second-order valence-electron chi connectivity index (χ2n) is 13.3. The Bertz CT molecular complexity index is 1700. The van der Waals surface area contributed by atoms with Gasteiger partial charge in [0.05, 0.1) is 23.0 Å². The first-order chi connectivity index (χ1) is 24.7. The molecule has 13 heteroatoms. The molecule has 0 amide bonds. The molecule has 2 aliphatic rings. The molecule has 4 aromatic rings. The minimum Gasteiger partial charge on any atom is -0.369 e. The summed E-state index contributed by atoms with van der Waals surface area (Å²) in [5.74, 6) is -2.89. The maximum atomic E-state index is 14.7. The van der Waals surface area contributed by atoms with E-state index < -0.39 is 46.9 Å². The van der Waals surface area contributed by atoms with Crippen LogP contribution in [-0.4, -0.2) is 81.0 Å². The van der Waals surface area contributed by atoms with Gasteiger partial charge in [-0.3, -0.25) is 14.6 Å². The molecule has 2 saturated heterocycles. The number of hydrogen-bond acceptors (Lipinski definition) is 5. The third kappa shape index (κ3) is 9.11. The van der Waals surface area contributed by atoms with Crippen molar-refractivity contribution in [1.29, 1.82) is 0 Å². The highest BCUT2D eigenvalue weighted by Crippen LogP contribution is 2.35. The van der Waals surface area contributed by atoms with Crippen molar-refractivity contribution in [3.05, 3.63) is 131 Å². The zero-order chi connectivity index (χ0) is 37.0. The number of ketones is 1. The summed E-state index contributed by atoms with van der Waals surface area (Å²) in [4.78, 5) is 22.5. The maximum Gasteiger partial charge on any atom is 0.416 e. The van der Waals surface area contributed by atoms with Gasteiger partial charge in [-0.25, -0.2) is 8.78 Å². The lowest BCUT2D eigenvalue weighted by Crippen LogP contribution is -2.50. The Labute approximate surface area is 297 Å². The Balaban J connectivity index is 1.19. The zero-order valence-electron chi connectivity index (χ0n) is 28.2. The fourth-order valence-corrected chi connectivity index (χ4v) is 7.06. The molecule has 52 heavy (non-hydrogen) atoms. The molecule has 0 aromatic heterocycles. The predicted molar refractivity (Wildman–Crippen MR) is 183 cm³/mol. The fraction of sp³-hybridized carbons (Fsp3) is 0.359. The van der Waals surface area contributed by atoms with E-state index in [2.05, 4.69) is 0 Å². The van der Waals surface area contributed by atoms with E-state index in [1.807, 2.05) is 19.6 Å². The van der Waals surface area contributed by atoms with E-state index in [-0.39, 0.29) is 18.9 Å². The lowest BCUT2D eigenvalue weighted by atomic mass is 9.82. The highest BCUT2D eigenvalue weighted by Gasteiger charge is 2.36. The van der Waals surface area contributed by atoms with Crippen LogP contribution in [0.3, 0.4) is 0 Å². The van der Waals surface area contributed by atoms with Crippen LogP contribution >= 0.6 is 0 Å². The number of halogens is 8. The number of benzene rings is 4. The van der Waals surface area contributed by atoms with Gasteiger partial charge in [-0.2, -0.15) is 26.3 Å². The highest BCUT2D eigenvalue weighted by atomic mass is 19.4. The van der Waals surface area contributed by atoms with Gasteiger partial charge in [0, 0.05) is 76.8 Å². The van der Waals surface area contributed by atoms with E-state index in [4.69, 9.17) is 0 Å². The van der Waals surface area contributed by atoms with Crippen molar-refractivity contribution in [2.24, 2.45) is 0 Å². The number of nitrogens with zero attached hydrogens (tertiary/aromatic N) is 4. The first kappa shape index (κ1) is 37.3. The van der Waals surface area contributed by atoms with Crippen molar-refractivity contribution in [3.63, 3.8) is 0 Å². The lowest BCUT2D eigenvalue weighted by Gasteiger charge is -2.39. The van der Waals surface area contributed by atoms with Crippen LogP contribution in [0.25, 0.3) is 0 Å². The first-order valence-corrected chi connectivity index (χ1v) is 17.1. The molecule has 276 valence electrons. The molecule has 0 spiro atoms. The molecule has 6 rings (SSSR count). The third-order valence-corrected chi connectivity index (χ3v) is 9.89. The number of carbonyl (C=O) groups is 1. The van der Waals surface area contributed by atoms with Gasteiger partial charge < -0.3 is 9.80 Å². The molecule has 2 fully saturated rings. The second kappa shape index (κ2) is 15.6. The maximum absolute atomic E-state index is 14.7. The third-order valence-electron chi connectivity index (χ3n) is 9.89. The van der Waals surface area contributed by atoms with Crippen molar-refractivity contribution in [2.45, 2.75) is 24.2 Å². The van der Waals surface area contributed by atoms with Crippen molar-refractivity contribution in [3.8, 4) is 0 Å². The van der Waals surface area contributed by atoms with Gasteiger partial charge in [-0.05, 0) is 71.8 Å². The summed E-state index contributed by atoms with van der Waals surface area (Å²) in [5.41, 5.74) is 0.356. The fourth-order valence-electron chi connectivity index (χ4n) is 7.06. The van der Waals surface area contributed by atoms with Crippen LogP contribution in [0.2, 0.25) is 0 Å². The van der Waals surface area contributed by atoms with Crippen LogP contribution < -0.4 is 9.80 Å². The van der Waals surface area contributed by atoms with Crippen molar-refractivity contribution >= 4 is 17.2 Å². The summed E-state index contributed by atoms with van der Waals surface area (Å²) in [5, 5.41) is 0. The molecule has 0 saturated carbocycles. The van der Waals surface area contributed by atoms with E-state index in [0.717, 1.165) is 24.3 Å². The van der Waals surface area contributed by atoms with Crippen LogP contribution in [0.1, 0.15) is 34.1 Å². The minimum atomic E-state index is -4.47. The number of piperazine rings is 2. The molecular formula is C39H38F8N4O. The highest BCUT2D eigenvalue weighted by molar-refractivity contribution is 5.92. The Morgan fingerprint density at radius 3 is 1.23 bits per heavy atom. The molecule has 5 nitrogen and oxygen atoms in total. The average molecular weight is 731 g/mol. The lowest BCUT2D eigenvalue weighted by molar-refractivity contribution is -0.138. The van der Waals surface area contributed by atoms with Crippen LogP contribution in [0.4, 0.5) is 46.5 Å². The quantitative estimate of drug-likeness (QED) is 0.154. The topological polar surface area (TPSA) is 30.0 Å². The first-order valence-electron chi connectivity index (χ1n) is 17.1. The Morgan fingerprint density at radius 2 is 0.885 bits per heavy atom. The SMILES string of the molecule is O=C(C(CN1CCN(c2cccc(C(F)(F)F)c2)CC1)c1cccc(F)c1)C(CN1CCN(c2cccc(C(F)(F)F)c2)CC1)c1cccc(F)c1. The molecule has 0 radical (unpaired) electrons. The number of alkyl halides is 6. The molecule has 0 bridgehead atoms. The summed E-state index contributed by atoms with van der Waals surface area (Å²) in [6.45, 7) is 3.85. The van der Waals surface area contributed by atoms with Gasteiger partial charge in [-0.1, -0.05) is 36.4 Å².